The molecule has 0 spiro atoms. The van der Waals surface area contributed by atoms with Crippen molar-refractivity contribution in [2.45, 2.75) is 53.4 Å². The van der Waals surface area contributed by atoms with E-state index in [1.807, 2.05) is 20.8 Å². The number of phenolic OH excluding ortho intramolecular Hbond substituents is 2. The van der Waals surface area contributed by atoms with Crippen LogP contribution in [0.15, 0.2) is 18.2 Å². The van der Waals surface area contributed by atoms with E-state index in [0.717, 1.165) is 6.42 Å². The molecule has 0 radical (unpaired) electrons. The van der Waals surface area contributed by atoms with Crippen LogP contribution in [0.25, 0.3) is 10.8 Å². The van der Waals surface area contributed by atoms with Gasteiger partial charge in [0.05, 0.1) is 11.1 Å². The van der Waals surface area contributed by atoms with E-state index in [2.05, 4.69) is 0 Å². The zero-order chi connectivity index (χ0) is 27.7. The fourth-order valence-corrected chi connectivity index (χ4v) is 4.43. The smallest absolute Gasteiger partial charge is 0.254 e. The van der Waals surface area contributed by atoms with E-state index in [4.69, 9.17) is 5.73 Å². The summed E-state index contributed by atoms with van der Waals surface area (Å²) in [7, 11) is 1.77. The summed E-state index contributed by atoms with van der Waals surface area (Å²) in [4.78, 5) is 44.3. The van der Waals surface area contributed by atoms with E-state index in [-0.39, 0.29) is 40.3 Å². The summed E-state index contributed by atoms with van der Waals surface area (Å²) in [5, 5.41) is 21.5. The zero-order valence-corrected chi connectivity index (χ0v) is 22.8. The molecule has 204 valence electrons. The summed E-state index contributed by atoms with van der Waals surface area (Å²) in [6.45, 7) is 10.3. The molecule has 0 saturated carbocycles. The van der Waals surface area contributed by atoms with Crippen molar-refractivity contribution in [2.24, 2.45) is 5.73 Å². The van der Waals surface area contributed by atoms with Gasteiger partial charge in [-0.3, -0.25) is 14.4 Å². The van der Waals surface area contributed by atoms with Crippen LogP contribution >= 0.6 is 0 Å². The van der Waals surface area contributed by atoms with Gasteiger partial charge >= 0.3 is 0 Å². The number of benzene rings is 2. The number of rotatable bonds is 13. The Labute approximate surface area is 219 Å². The Morgan fingerprint density at radius 2 is 1.41 bits per heavy atom. The molecule has 0 aliphatic heterocycles. The number of amides is 3. The van der Waals surface area contributed by atoms with Gasteiger partial charge in [0, 0.05) is 51.8 Å². The van der Waals surface area contributed by atoms with Crippen molar-refractivity contribution in [3.63, 3.8) is 0 Å². The Morgan fingerprint density at radius 3 is 2.00 bits per heavy atom. The van der Waals surface area contributed by atoms with Gasteiger partial charge in [-0.2, -0.15) is 0 Å². The minimum Gasteiger partial charge on any atom is -0.504 e. The van der Waals surface area contributed by atoms with Crippen molar-refractivity contribution < 1.29 is 24.6 Å². The van der Waals surface area contributed by atoms with E-state index < -0.39 is 0 Å². The van der Waals surface area contributed by atoms with Crippen LogP contribution in [0, 0.1) is 6.92 Å². The van der Waals surface area contributed by atoms with Gasteiger partial charge in [-0.1, -0.05) is 0 Å². The molecule has 0 atom stereocenters. The number of phenols is 2. The third-order valence-corrected chi connectivity index (χ3v) is 6.86. The summed E-state index contributed by atoms with van der Waals surface area (Å²) in [6.07, 6.45) is 2.54. The number of aromatic hydroxyl groups is 2. The number of unbranched alkanes of at least 4 members (excludes halogenated alkanes) is 1. The number of carbonyl (C=O) groups excluding carboxylic acids is 3. The van der Waals surface area contributed by atoms with Gasteiger partial charge in [0.15, 0.2) is 11.5 Å². The van der Waals surface area contributed by atoms with Gasteiger partial charge in [0.1, 0.15) is 0 Å². The molecule has 0 bridgehead atoms. The van der Waals surface area contributed by atoms with Crippen LogP contribution in [0.3, 0.4) is 0 Å². The predicted octanol–water partition coefficient (Wildman–Crippen LogP) is 3.48. The first-order valence-corrected chi connectivity index (χ1v) is 13.1. The van der Waals surface area contributed by atoms with Gasteiger partial charge < -0.3 is 30.6 Å². The Morgan fingerprint density at radius 1 is 0.838 bits per heavy atom. The molecule has 0 aliphatic rings. The number of hydrogen-bond acceptors (Lipinski definition) is 6. The lowest BCUT2D eigenvalue weighted by Crippen LogP contribution is -2.36. The maximum Gasteiger partial charge on any atom is 0.254 e. The maximum absolute atomic E-state index is 13.7. The van der Waals surface area contributed by atoms with Crippen molar-refractivity contribution >= 4 is 28.5 Å². The van der Waals surface area contributed by atoms with Gasteiger partial charge in [-0.15, -0.1) is 0 Å². The first-order chi connectivity index (χ1) is 17.6. The highest BCUT2D eigenvalue weighted by Crippen LogP contribution is 2.37. The third kappa shape index (κ3) is 7.13. The fourth-order valence-electron chi connectivity index (χ4n) is 4.43. The normalized spacial score (nSPS) is 11.0. The summed E-state index contributed by atoms with van der Waals surface area (Å²) in [6, 6.07) is 4.69. The van der Waals surface area contributed by atoms with E-state index >= 15 is 0 Å². The van der Waals surface area contributed by atoms with Crippen LogP contribution < -0.4 is 5.73 Å². The Hall–Kier alpha value is -3.33. The molecule has 0 saturated heterocycles. The summed E-state index contributed by atoms with van der Waals surface area (Å²) in [5.74, 6) is -0.972. The highest BCUT2D eigenvalue weighted by Gasteiger charge is 2.25. The second kappa shape index (κ2) is 13.8. The molecule has 3 amide bonds. The lowest BCUT2D eigenvalue weighted by molar-refractivity contribution is -0.130. The summed E-state index contributed by atoms with van der Waals surface area (Å²) in [5.41, 5.74) is 6.47. The Kier molecular flexibility index (Phi) is 11.2. The molecule has 0 aromatic heterocycles. The largest absolute Gasteiger partial charge is 0.504 e. The zero-order valence-electron chi connectivity index (χ0n) is 22.8. The second-order valence-corrected chi connectivity index (χ2v) is 9.27. The van der Waals surface area contributed by atoms with Crippen LogP contribution in [0.1, 0.15) is 72.7 Å². The number of aryl methyl sites for hydroxylation is 1. The molecule has 9 nitrogen and oxygen atoms in total. The predicted molar refractivity (Wildman–Crippen MR) is 146 cm³/mol. The quantitative estimate of drug-likeness (QED) is 0.277. The average molecular weight is 515 g/mol. The molecule has 0 heterocycles. The van der Waals surface area contributed by atoms with Gasteiger partial charge in [-0.25, -0.2) is 0 Å². The minimum absolute atomic E-state index is 0.0641. The Balaban J connectivity index is 2.32. The first kappa shape index (κ1) is 29.9. The van der Waals surface area contributed by atoms with Gasteiger partial charge in [0.2, 0.25) is 5.91 Å². The molecule has 9 heteroatoms. The molecule has 0 fully saturated rings. The lowest BCUT2D eigenvalue weighted by atomic mass is 9.95. The highest BCUT2D eigenvalue weighted by atomic mass is 16.3. The third-order valence-electron chi connectivity index (χ3n) is 6.86. The maximum atomic E-state index is 13.7. The molecule has 0 unspecified atom stereocenters. The van der Waals surface area contributed by atoms with Crippen LogP contribution in [-0.4, -0.2) is 89.0 Å². The number of nitrogens with zero attached hydrogens (tertiary/aromatic N) is 3. The molecule has 2 aromatic carbocycles. The lowest BCUT2D eigenvalue weighted by Gasteiger charge is -2.25. The van der Waals surface area contributed by atoms with Crippen molar-refractivity contribution in [2.75, 3.05) is 46.3 Å². The molecular formula is C28H42N4O5. The van der Waals surface area contributed by atoms with Crippen molar-refractivity contribution in [1.82, 2.24) is 14.7 Å². The molecular weight excluding hydrogens is 472 g/mol. The average Bonchev–Trinajstić information content (AvgIpc) is 2.89. The SMILES string of the molecule is CCN(CC)C(=O)c1cc2c(C)c(O)c(O)cc2cc1C(=O)N(CC)CCCCN(C)C(=O)CCCN. The van der Waals surface area contributed by atoms with Gasteiger partial charge in [0.25, 0.3) is 11.8 Å². The monoisotopic (exact) mass is 514 g/mol. The summed E-state index contributed by atoms with van der Waals surface area (Å²) < 4.78 is 0. The number of fused-ring (bicyclic) bond motifs is 1. The Bertz CT molecular complexity index is 1110. The molecule has 2 aromatic rings. The fraction of sp³-hybridized carbons (Fsp3) is 0.536. The van der Waals surface area contributed by atoms with E-state index in [0.29, 0.717) is 74.9 Å². The number of carbonyl (C=O) groups is 3. The van der Waals surface area contributed by atoms with E-state index in [1.165, 1.54) is 6.07 Å². The van der Waals surface area contributed by atoms with Crippen LogP contribution in [-0.2, 0) is 4.79 Å². The molecule has 2 rings (SSSR count). The minimum atomic E-state index is -0.274. The van der Waals surface area contributed by atoms with Crippen LogP contribution in [0.4, 0.5) is 0 Å². The topological polar surface area (TPSA) is 127 Å². The first-order valence-electron chi connectivity index (χ1n) is 13.1. The number of nitrogens with two attached hydrogens (primary N) is 1. The highest BCUT2D eigenvalue weighted by molar-refractivity contribution is 6.11. The second-order valence-electron chi connectivity index (χ2n) is 9.27. The van der Waals surface area contributed by atoms with E-state index in [9.17, 15) is 24.6 Å². The summed E-state index contributed by atoms with van der Waals surface area (Å²) >= 11 is 0. The molecule has 0 aliphatic carbocycles. The van der Waals surface area contributed by atoms with Crippen LogP contribution in [0.5, 0.6) is 11.5 Å². The van der Waals surface area contributed by atoms with Gasteiger partial charge in [-0.05, 0) is 82.5 Å². The van der Waals surface area contributed by atoms with Crippen LogP contribution in [0.2, 0.25) is 0 Å². The van der Waals surface area contributed by atoms with E-state index in [1.54, 1.807) is 40.8 Å². The number of hydrogen-bond donors (Lipinski definition) is 3. The van der Waals surface area contributed by atoms with Crippen molar-refractivity contribution in [3.05, 3.63) is 34.9 Å². The molecule has 37 heavy (non-hydrogen) atoms. The van der Waals surface area contributed by atoms with Crippen molar-refractivity contribution in [3.8, 4) is 11.5 Å². The van der Waals surface area contributed by atoms with Crippen molar-refractivity contribution in [1.29, 1.82) is 0 Å². The standard InChI is InChI=1S/C28H42N4O5/c1-6-31(7-2)27(36)23-18-21-19(4)26(35)24(33)17-20(21)16-22(23)28(37)32(8-3)15-10-9-14-30(5)25(34)12-11-13-29/h16-18,33,35H,6-15,29H2,1-5H3. The molecule has 4 N–H and O–H groups in total.